The van der Waals surface area contributed by atoms with Crippen LogP contribution in [0.25, 0.3) is 11.0 Å². The van der Waals surface area contributed by atoms with Crippen molar-refractivity contribution in [1.29, 1.82) is 0 Å². The Morgan fingerprint density at radius 1 is 1.32 bits per heavy atom. The van der Waals surface area contributed by atoms with Gasteiger partial charge in [0.05, 0.1) is 17.6 Å². The van der Waals surface area contributed by atoms with Crippen LogP contribution in [-0.4, -0.2) is 22.6 Å². The van der Waals surface area contributed by atoms with E-state index in [-0.39, 0.29) is 0 Å². The van der Waals surface area contributed by atoms with Gasteiger partial charge in [0.1, 0.15) is 5.82 Å². The van der Waals surface area contributed by atoms with Crippen LogP contribution < -0.4 is 10.6 Å². The first-order valence-corrected chi connectivity index (χ1v) is 7.09. The molecular formula is C15H22N4. The van der Waals surface area contributed by atoms with Crippen molar-refractivity contribution in [3.63, 3.8) is 0 Å². The minimum absolute atomic E-state index is 0.488. The molecule has 0 unspecified atom stereocenters. The Hall–Kier alpha value is -1.55. The lowest BCUT2D eigenvalue weighted by Gasteiger charge is -2.32. The minimum atomic E-state index is 0.488. The molecule has 0 bridgehead atoms. The molecular weight excluding hydrogens is 236 g/mol. The van der Waals surface area contributed by atoms with E-state index in [1.54, 1.807) is 0 Å². The highest BCUT2D eigenvalue weighted by Gasteiger charge is 2.17. The smallest absolute Gasteiger partial charge is 0.123 e. The van der Waals surface area contributed by atoms with Gasteiger partial charge in [0.25, 0.3) is 0 Å². The molecule has 2 N–H and O–H groups in total. The fraction of sp³-hybridized carbons (Fsp3) is 0.533. The van der Waals surface area contributed by atoms with E-state index in [4.69, 9.17) is 5.73 Å². The van der Waals surface area contributed by atoms with Gasteiger partial charge in [-0.1, -0.05) is 6.92 Å². The van der Waals surface area contributed by atoms with Gasteiger partial charge in [-0.25, -0.2) is 4.98 Å². The molecule has 0 radical (unpaired) electrons. The highest BCUT2D eigenvalue weighted by atomic mass is 15.1. The van der Waals surface area contributed by atoms with Gasteiger partial charge in [0, 0.05) is 25.8 Å². The summed E-state index contributed by atoms with van der Waals surface area (Å²) < 4.78 is 2.08. The highest BCUT2D eigenvalue weighted by Crippen LogP contribution is 2.26. The van der Waals surface area contributed by atoms with Crippen LogP contribution in [-0.2, 0) is 13.6 Å². The van der Waals surface area contributed by atoms with Crippen molar-refractivity contribution in [3.8, 4) is 0 Å². The molecule has 0 aliphatic carbocycles. The molecule has 0 amide bonds. The fourth-order valence-corrected chi connectivity index (χ4v) is 2.88. The number of piperidine rings is 1. The Morgan fingerprint density at radius 3 is 2.74 bits per heavy atom. The number of aromatic nitrogens is 2. The molecule has 4 nitrogen and oxygen atoms in total. The summed E-state index contributed by atoms with van der Waals surface area (Å²) in [4.78, 5) is 7.08. The third-order valence-corrected chi connectivity index (χ3v) is 4.29. The van der Waals surface area contributed by atoms with Crippen molar-refractivity contribution >= 4 is 16.7 Å². The number of hydrogen-bond donors (Lipinski definition) is 1. The van der Waals surface area contributed by atoms with Gasteiger partial charge in [-0.3, -0.25) is 0 Å². The molecule has 1 saturated heterocycles. The lowest BCUT2D eigenvalue weighted by Crippen LogP contribution is -2.32. The van der Waals surface area contributed by atoms with Crippen LogP contribution in [0.5, 0.6) is 0 Å². The van der Waals surface area contributed by atoms with Crippen molar-refractivity contribution in [2.45, 2.75) is 26.3 Å². The van der Waals surface area contributed by atoms with E-state index in [1.165, 1.54) is 18.5 Å². The normalized spacial score (nSPS) is 17.3. The third-order valence-electron chi connectivity index (χ3n) is 4.29. The quantitative estimate of drug-likeness (QED) is 0.899. The lowest BCUT2D eigenvalue weighted by atomic mass is 9.99. The monoisotopic (exact) mass is 258 g/mol. The molecule has 2 heterocycles. The first-order valence-electron chi connectivity index (χ1n) is 7.09. The number of rotatable bonds is 2. The van der Waals surface area contributed by atoms with E-state index in [0.717, 1.165) is 35.9 Å². The van der Waals surface area contributed by atoms with Gasteiger partial charge in [-0.15, -0.1) is 0 Å². The fourth-order valence-electron chi connectivity index (χ4n) is 2.88. The number of hydrogen-bond acceptors (Lipinski definition) is 3. The Balaban J connectivity index is 1.93. The first-order chi connectivity index (χ1) is 9.19. The second kappa shape index (κ2) is 4.85. The maximum Gasteiger partial charge on any atom is 0.123 e. The summed E-state index contributed by atoms with van der Waals surface area (Å²) in [5.74, 6) is 1.80. The highest BCUT2D eigenvalue weighted by molar-refractivity contribution is 5.80. The lowest BCUT2D eigenvalue weighted by molar-refractivity contribution is 0.438. The molecule has 1 aromatic carbocycles. The van der Waals surface area contributed by atoms with Gasteiger partial charge < -0.3 is 15.2 Å². The van der Waals surface area contributed by atoms with E-state index in [2.05, 4.69) is 39.6 Å². The summed E-state index contributed by atoms with van der Waals surface area (Å²) in [7, 11) is 2.03. The zero-order valence-corrected chi connectivity index (χ0v) is 11.8. The van der Waals surface area contributed by atoms with Crippen LogP contribution >= 0.6 is 0 Å². The number of imidazole rings is 1. The van der Waals surface area contributed by atoms with Crippen molar-refractivity contribution < 1.29 is 0 Å². The predicted molar refractivity (Wildman–Crippen MR) is 79.2 cm³/mol. The Bertz CT molecular complexity index is 579. The molecule has 102 valence electrons. The van der Waals surface area contributed by atoms with Crippen molar-refractivity contribution in [2.75, 3.05) is 18.0 Å². The zero-order chi connectivity index (χ0) is 13.4. The number of anilines is 1. The van der Waals surface area contributed by atoms with E-state index in [9.17, 15) is 0 Å². The van der Waals surface area contributed by atoms with Gasteiger partial charge >= 0.3 is 0 Å². The summed E-state index contributed by atoms with van der Waals surface area (Å²) >= 11 is 0. The van der Waals surface area contributed by atoms with Crippen LogP contribution in [0.2, 0.25) is 0 Å². The Morgan fingerprint density at radius 2 is 2.05 bits per heavy atom. The molecule has 0 saturated carbocycles. The molecule has 0 atom stereocenters. The van der Waals surface area contributed by atoms with Gasteiger partial charge in [-0.2, -0.15) is 0 Å². The molecule has 1 aromatic heterocycles. The Kier molecular flexibility index (Phi) is 3.19. The first kappa shape index (κ1) is 12.5. The Labute approximate surface area is 114 Å². The zero-order valence-electron chi connectivity index (χ0n) is 11.8. The summed E-state index contributed by atoms with van der Waals surface area (Å²) in [5.41, 5.74) is 9.23. The van der Waals surface area contributed by atoms with Crippen molar-refractivity contribution in [2.24, 2.45) is 18.7 Å². The molecule has 1 aliphatic rings. The summed E-state index contributed by atoms with van der Waals surface area (Å²) in [5, 5.41) is 0. The summed E-state index contributed by atoms with van der Waals surface area (Å²) in [6, 6.07) is 6.57. The van der Waals surface area contributed by atoms with Crippen LogP contribution in [0.3, 0.4) is 0 Å². The summed E-state index contributed by atoms with van der Waals surface area (Å²) in [6.45, 7) is 5.14. The maximum atomic E-state index is 5.72. The number of fused-ring (bicyclic) bond motifs is 1. The SMILES string of the molecule is CC1CCN(c2ccc3c(c2)nc(CN)n3C)CC1. The second-order valence-electron chi connectivity index (χ2n) is 5.63. The van der Waals surface area contributed by atoms with Crippen molar-refractivity contribution in [1.82, 2.24) is 9.55 Å². The average Bonchev–Trinajstić information content (AvgIpc) is 2.76. The third kappa shape index (κ3) is 2.21. The van der Waals surface area contributed by atoms with E-state index >= 15 is 0 Å². The molecule has 1 fully saturated rings. The van der Waals surface area contributed by atoms with Crippen molar-refractivity contribution in [3.05, 3.63) is 24.0 Å². The largest absolute Gasteiger partial charge is 0.371 e. The van der Waals surface area contributed by atoms with Gasteiger partial charge in [-0.05, 0) is 37.0 Å². The standard InChI is InChI=1S/C15H22N4/c1-11-5-7-19(8-6-11)12-3-4-14-13(9-12)17-15(10-16)18(14)2/h3-4,9,11H,5-8,10,16H2,1-2H3. The molecule has 2 aromatic rings. The minimum Gasteiger partial charge on any atom is -0.371 e. The van der Waals surface area contributed by atoms with E-state index < -0.39 is 0 Å². The molecule has 0 spiro atoms. The predicted octanol–water partition coefficient (Wildman–Crippen LogP) is 2.27. The van der Waals surface area contributed by atoms with Crippen LogP contribution in [0.15, 0.2) is 18.2 Å². The second-order valence-corrected chi connectivity index (χ2v) is 5.63. The van der Waals surface area contributed by atoms with Crippen LogP contribution in [0.1, 0.15) is 25.6 Å². The topological polar surface area (TPSA) is 47.1 Å². The molecule has 19 heavy (non-hydrogen) atoms. The number of aryl methyl sites for hydroxylation is 1. The van der Waals surface area contributed by atoms with Gasteiger partial charge in [0.2, 0.25) is 0 Å². The summed E-state index contributed by atoms with van der Waals surface area (Å²) in [6.07, 6.45) is 2.57. The number of benzene rings is 1. The molecule has 4 heteroatoms. The van der Waals surface area contributed by atoms with Gasteiger partial charge in [0.15, 0.2) is 0 Å². The average molecular weight is 258 g/mol. The van der Waals surface area contributed by atoms with E-state index in [1.807, 2.05) is 7.05 Å². The number of nitrogens with two attached hydrogens (primary N) is 1. The van der Waals surface area contributed by atoms with E-state index in [0.29, 0.717) is 6.54 Å². The van der Waals surface area contributed by atoms with Crippen LogP contribution in [0, 0.1) is 5.92 Å². The maximum absolute atomic E-state index is 5.72. The van der Waals surface area contributed by atoms with Crippen LogP contribution in [0.4, 0.5) is 5.69 Å². The molecule has 3 rings (SSSR count). The molecule has 1 aliphatic heterocycles. The number of nitrogens with zero attached hydrogens (tertiary/aromatic N) is 3.